The first-order chi connectivity index (χ1) is 23.2. The van der Waals surface area contributed by atoms with E-state index in [4.69, 9.17) is 0 Å². The van der Waals surface area contributed by atoms with Crippen LogP contribution in [-0.2, 0) is 15.6 Å². The van der Waals surface area contributed by atoms with Crippen molar-refractivity contribution in [2.75, 3.05) is 23.7 Å². The van der Waals surface area contributed by atoms with Gasteiger partial charge in [0.1, 0.15) is 18.0 Å². The van der Waals surface area contributed by atoms with Crippen molar-refractivity contribution < 1.29 is 19.6 Å². The molecule has 0 bridgehead atoms. The van der Waals surface area contributed by atoms with E-state index in [0.29, 0.717) is 11.5 Å². The topological polar surface area (TPSA) is 63.8 Å². The molecule has 4 aromatic carbocycles. The van der Waals surface area contributed by atoms with Gasteiger partial charge in [-0.05, 0) is 62.4 Å². The highest BCUT2D eigenvalue weighted by molar-refractivity contribution is 8.13. The standard InChI is InChI=1S/C42H48N2O3S/c1-7-41(8-2)33-26-35(46)29-18-12-14-20-31(29)39(33)43(11-5)37(41)22-16-23-38-42(9-3,10-4)34-27-36(47)30-19-13-15-21-32(30)40(34)44(38)24-17-25-48-28(6)45/h12-16,18-23,26-27H,7-11,17,24-25H2,1-6H3,(H-,46,47)/p+1. The molecule has 4 aromatic rings. The molecule has 250 valence electrons. The Bertz CT molecular complexity index is 1980. The average Bonchev–Trinajstić information content (AvgIpc) is 3.52. The molecule has 0 saturated heterocycles. The van der Waals surface area contributed by atoms with Gasteiger partial charge in [0, 0.05) is 64.6 Å². The summed E-state index contributed by atoms with van der Waals surface area (Å²) in [5.41, 5.74) is 6.77. The van der Waals surface area contributed by atoms with E-state index in [-0.39, 0.29) is 15.9 Å². The highest BCUT2D eigenvalue weighted by atomic mass is 32.2. The molecule has 2 aliphatic rings. The number of allylic oxidation sites excluding steroid dienone is 4. The Morgan fingerprint density at radius 1 is 0.812 bits per heavy atom. The molecule has 6 heteroatoms. The number of nitrogens with zero attached hydrogens (tertiary/aromatic N) is 2. The van der Waals surface area contributed by atoms with Gasteiger partial charge in [-0.2, -0.15) is 4.58 Å². The average molecular weight is 662 g/mol. The Hall–Kier alpha value is -4.03. The van der Waals surface area contributed by atoms with Crippen molar-refractivity contribution in [3.63, 3.8) is 0 Å². The van der Waals surface area contributed by atoms with Crippen LogP contribution >= 0.6 is 11.8 Å². The van der Waals surface area contributed by atoms with Crippen LogP contribution in [0.3, 0.4) is 0 Å². The van der Waals surface area contributed by atoms with Crippen molar-refractivity contribution >= 4 is 55.5 Å². The zero-order chi connectivity index (χ0) is 34.2. The van der Waals surface area contributed by atoms with Gasteiger partial charge in [0.15, 0.2) is 10.8 Å². The number of anilines is 1. The van der Waals surface area contributed by atoms with Crippen molar-refractivity contribution in [3.8, 4) is 11.5 Å². The van der Waals surface area contributed by atoms with Crippen molar-refractivity contribution in [2.45, 2.75) is 84.5 Å². The van der Waals surface area contributed by atoms with E-state index >= 15 is 0 Å². The number of hydrogen-bond donors (Lipinski definition) is 2. The van der Waals surface area contributed by atoms with Crippen molar-refractivity contribution in [3.05, 3.63) is 95.7 Å². The van der Waals surface area contributed by atoms with Gasteiger partial charge in [0.05, 0.1) is 16.5 Å². The molecule has 0 spiro atoms. The number of rotatable bonds is 11. The van der Waals surface area contributed by atoms with Crippen LogP contribution in [0, 0.1) is 0 Å². The number of hydrogen-bond acceptors (Lipinski definition) is 5. The van der Waals surface area contributed by atoms with Crippen molar-refractivity contribution in [2.24, 2.45) is 0 Å². The summed E-state index contributed by atoms with van der Waals surface area (Å²) >= 11 is 1.39. The molecule has 2 heterocycles. The minimum atomic E-state index is -0.267. The van der Waals surface area contributed by atoms with Gasteiger partial charge < -0.3 is 15.1 Å². The zero-order valence-corrected chi connectivity index (χ0v) is 30.1. The first-order valence-electron chi connectivity index (χ1n) is 17.7. The molecule has 6 rings (SSSR count). The molecule has 0 amide bonds. The molecular weight excluding hydrogens is 613 g/mol. The molecule has 0 aliphatic carbocycles. The Morgan fingerprint density at radius 3 is 1.96 bits per heavy atom. The predicted octanol–water partition coefficient (Wildman–Crippen LogP) is 10.3. The number of phenolic OH excluding ortho intramolecular Hbond substituents is 2. The van der Waals surface area contributed by atoms with Gasteiger partial charge in [-0.15, -0.1) is 0 Å². The maximum Gasteiger partial charge on any atom is 0.217 e. The monoisotopic (exact) mass is 661 g/mol. The number of phenols is 2. The highest BCUT2D eigenvalue weighted by Gasteiger charge is 2.50. The molecule has 48 heavy (non-hydrogen) atoms. The van der Waals surface area contributed by atoms with Crippen molar-refractivity contribution in [1.82, 2.24) is 0 Å². The predicted molar refractivity (Wildman–Crippen MR) is 204 cm³/mol. The van der Waals surface area contributed by atoms with Crippen LogP contribution in [0.15, 0.2) is 84.6 Å². The van der Waals surface area contributed by atoms with Gasteiger partial charge in [-0.3, -0.25) is 4.79 Å². The lowest BCUT2D eigenvalue weighted by molar-refractivity contribution is -0.435. The van der Waals surface area contributed by atoms with Gasteiger partial charge in [0.25, 0.3) is 0 Å². The summed E-state index contributed by atoms with van der Waals surface area (Å²) in [4.78, 5) is 14.2. The maximum atomic E-state index is 11.8. The van der Waals surface area contributed by atoms with E-state index in [1.54, 1.807) is 6.92 Å². The van der Waals surface area contributed by atoms with Crippen LogP contribution < -0.4 is 4.90 Å². The van der Waals surface area contributed by atoms with Crippen LogP contribution in [0.1, 0.15) is 84.8 Å². The quantitative estimate of drug-likeness (QED) is 0.124. The molecule has 0 aromatic heterocycles. The van der Waals surface area contributed by atoms with Crippen LogP contribution in [0.2, 0.25) is 0 Å². The highest BCUT2D eigenvalue weighted by Crippen LogP contribution is 2.56. The third-order valence-corrected chi connectivity index (χ3v) is 12.1. The number of carbonyl (C=O) groups excluding carboxylic acids is 1. The SMILES string of the molecule is CCN1/C(=C\C=C\C2=[N+](CCCSC(C)=O)c3c(cc(O)c4ccccc34)C2(CC)CC)C(CC)(CC)c2cc(O)c3ccccc3c21. The minimum absolute atomic E-state index is 0.147. The number of benzene rings is 4. The Morgan fingerprint density at radius 2 is 1.38 bits per heavy atom. The fourth-order valence-electron chi connectivity index (χ4n) is 8.74. The largest absolute Gasteiger partial charge is 0.507 e. The lowest BCUT2D eigenvalue weighted by Crippen LogP contribution is -2.33. The summed E-state index contributed by atoms with van der Waals surface area (Å²) in [5, 5.41) is 26.5. The van der Waals surface area contributed by atoms with Gasteiger partial charge in [0.2, 0.25) is 5.69 Å². The summed E-state index contributed by atoms with van der Waals surface area (Å²) < 4.78 is 2.47. The summed E-state index contributed by atoms with van der Waals surface area (Å²) in [7, 11) is 0. The van der Waals surface area contributed by atoms with Crippen LogP contribution in [0.25, 0.3) is 21.5 Å². The minimum Gasteiger partial charge on any atom is -0.507 e. The van der Waals surface area contributed by atoms with Crippen LogP contribution in [0.5, 0.6) is 11.5 Å². The number of fused-ring (bicyclic) bond motifs is 6. The van der Waals surface area contributed by atoms with Gasteiger partial charge >= 0.3 is 0 Å². The summed E-state index contributed by atoms with van der Waals surface area (Å²) in [5.74, 6) is 1.43. The maximum absolute atomic E-state index is 11.8. The van der Waals surface area contributed by atoms with E-state index in [0.717, 1.165) is 72.5 Å². The Labute approximate surface area is 289 Å². The van der Waals surface area contributed by atoms with E-state index < -0.39 is 0 Å². The normalized spacial score (nSPS) is 17.3. The smallest absolute Gasteiger partial charge is 0.217 e. The Kier molecular flexibility index (Phi) is 9.50. The zero-order valence-electron chi connectivity index (χ0n) is 29.3. The third-order valence-electron chi connectivity index (χ3n) is 11.2. The summed E-state index contributed by atoms with van der Waals surface area (Å²) in [6.07, 6.45) is 11.4. The first kappa shape index (κ1) is 33.9. The fraction of sp³-hybridized carbons (Fsp3) is 0.381. The Balaban J connectivity index is 1.54. The number of likely N-dealkylation sites (N-methyl/N-ethyl adjacent to an activating group) is 1. The van der Waals surface area contributed by atoms with E-state index in [1.165, 1.54) is 45.7 Å². The van der Waals surface area contributed by atoms with E-state index in [1.807, 2.05) is 36.4 Å². The molecule has 2 aliphatic heterocycles. The lowest BCUT2D eigenvalue weighted by atomic mass is 9.72. The van der Waals surface area contributed by atoms with E-state index in [9.17, 15) is 15.0 Å². The summed E-state index contributed by atoms with van der Waals surface area (Å²) in [6.45, 7) is 14.5. The second-order valence-corrected chi connectivity index (χ2v) is 14.4. The van der Waals surface area contributed by atoms with Crippen molar-refractivity contribution in [1.29, 1.82) is 0 Å². The molecule has 5 nitrogen and oxygen atoms in total. The summed E-state index contributed by atoms with van der Waals surface area (Å²) in [6, 6.07) is 20.4. The van der Waals surface area contributed by atoms with Gasteiger partial charge in [-0.25, -0.2) is 0 Å². The molecule has 0 saturated carbocycles. The number of thioether (sulfide) groups is 1. The molecule has 0 unspecified atom stereocenters. The molecule has 0 fully saturated rings. The molecule has 0 atom stereocenters. The fourth-order valence-corrected chi connectivity index (χ4v) is 9.30. The number of carbonyl (C=O) groups is 1. The van der Waals surface area contributed by atoms with Crippen LogP contribution in [-0.4, -0.2) is 44.5 Å². The molecule has 2 N–H and O–H groups in total. The first-order valence-corrected chi connectivity index (χ1v) is 18.7. The second-order valence-electron chi connectivity index (χ2n) is 13.1. The molecule has 0 radical (unpaired) electrons. The van der Waals surface area contributed by atoms with E-state index in [2.05, 4.69) is 86.6 Å². The van der Waals surface area contributed by atoms with Gasteiger partial charge in [-0.1, -0.05) is 88.0 Å². The lowest BCUT2D eigenvalue weighted by Gasteiger charge is -2.31. The van der Waals surface area contributed by atoms with Crippen LogP contribution in [0.4, 0.5) is 11.4 Å². The number of aromatic hydroxyl groups is 2. The molecular formula is C42H49N2O3S+. The third kappa shape index (κ3) is 5.15. The second kappa shape index (κ2) is 13.5.